The third kappa shape index (κ3) is 6.61. The van der Waals surface area contributed by atoms with Gasteiger partial charge in [-0.3, -0.25) is 4.79 Å². The van der Waals surface area contributed by atoms with Crippen LogP contribution in [0.5, 0.6) is 0 Å². The predicted octanol–water partition coefficient (Wildman–Crippen LogP) is 6.36. The van der Waals surface area contributed by atoms with Crippen LogP contribution in [-0.4, -0.2) is 79.1 Å². The minimum absolute atomic E-state index is 0.0636. The second kappa shape index (κ2) is 13.4. The summed E-state index contributed by atoms with van der Waals surface area (Å²) in [5.74, 6) is 1.93. The van der Waals surface area contributed by atoms with Crippen LogP contribution in [0.3, 0.4) is 0 Å². The summed E-state index contributed by atoms with van der Waals surface area (Å²) in [7, 11) is 2.26. The molecule has 6 heteroatoms. The highest BCUT2D eigenvalue weighted by Crippen LogP contribution is 2.52. The van der Waals surface area contributed by atoms with Crippen LogP contribution in [-0.2, 0) is 0 Å². The largest absolute Gasteiger partial charge is 0.350 e. The fraction of sp³-hybridized carbons (Fsp3) is 0.750. The van der Waals surface area contributed by atoms with Gasteiger partial charge in [0.1, 0.15) is 5.69 Å². The monoisotopic (exact) mass is 575 g/mol. The van der Waals surface area contributed by atoms with Crippen molar-refractivity contribution in [2.45, 2.75) is 103 Å². The lowest BCUT2D eigenvalue weighted by Crippen LogP contribution is -2.64. The second-order valence-electron chi connectivity index (χ2n) is 14.6. The Balaban J connectivity index is 1.22. The highest BCUT2D eigenvalue weighted by atomic mass is 16.2. The van der Waals surface area contributed by atoms with Gasteiger partial charge in [-0.2, -0.15) is 0 Å². The number of rotatable bonds is 7. The highest BCUT2D eigenvalue weighted by Gasteiger charge is 2.52. The normalized spacial score (nSPS) is 29.0. The molecule has 0 radical (unpaired) electrons. The molecule has 3 heterocycles. The number of aromatic amines is 1. The summed E-state index contributed by atoms with van der Waals surface area (Å²) in [6.45, 7) is 11.8. The maximum absolute atomic E-state index is 13.8. The van der Waals surface area contributed by atoms with Gasteiger partial charge in [0, 0.05) is 49.2 Å². The van der Waals surface area contributed by atoms with Gasteiger partial charge in [-0.05, 0) is 94.0 Å². The number of para-hydroxylation sites is 1. The van der Waals surface area contributed by atoms with Crippen molar-refractivity contribution in [2.24, 2.45) is 23.2 Å². The van der Waals surface area contributed by atoms with Crippen molar-refractivity contribution in [3.63, 3.8) is 0 Å². The summed E-state index contributed by atoms with van der Waals surface area (Å²) in [5.41, 5.74) is 3.34. The van der Waals surface area contributed by atoms with Crippen LogP contribution in [0.4, 0.5) is 0 Å². The van der Waals surface area contributed by atoms with E-state index in [0.29, 0.717) is 29.0 Å². The number of aromatic nitrogens is 1. The first kappa shape index (κ1) is 30.1. The van der Waals surface area contributed by atoms with Crippen molar-refractivity contribution < 1.29 is 4.79 Å². The first-order chi connectivity index (χ1) is 20.4. The van der Waals surface area contributed by atoms with E-state index < -0.39 is 0 Å². The Labute approximate surface area is 254 Å². The summed E-state index contributed by atoms with van der Waals surface area (Å²) in [4.78, 5) is 22.4. The topological polar surface area (TPSA) is 63.4 Å². The third-order valence-electron chi connectivity index (χ3n) is 12.0. The smallest absolute Gasteiger partial charge is 0.268 e. The summed E-state index contributed by atoms with van der Waals surface area (Å²) in [6.07, 6.45) is 16.3. The Morgan fingerprint density at radius 3 is 2.38 bits per heavy atom. The number of nitrogens with one attached hydrogen (secondary N) is 3. The number of aryl methyl sites for hydroxylation is 1. The van der Waals surface area contributed by atoms with Crippen molar-refractivity contribution in [2.75, 3.05) is 46.3 Å². The molecule has 4 fully saturated rings. The number of likely N-dealkylation sites (N-methyl/N-ethyl adjacent to an activating group) is 1. The SMILES string of the molecule is Cc1cccc2cc(C(=O)NC(C3CC3)C3NCC(CCN4CCN(C)CC4)C4(CCCCCCCCC4)C3C)[nH]c12. The highest BCUT2D eigenvalue weighted by molar-refractivity contribution is 5.98. The molecule has 1 aromatic heterocycles. The number of H-pyrrole nitrogens is 1. The Hall–Kier alpha value is -1.89. The Morgan fingerprint density at radius 2 is 1.71 bits per heavy atom. The number of benzene rings is 1. The lowest BCUT2D eigenvalue weighted by molar-refractivity contribution is -0.0273. The van der Waals surface area contributed by atoms with Crippen molar-refractivity contribution in [1.29, 1.82) is 0 Å². The molecule has 42 heavy (non-hydrogen) atoms. The Morgan fingerprint density at radius 1 is 1.02 bits per heavy atom. The van der Waals surface area contributed by atoms with Gasteiger partial charge in [0.05, 0.1) is 0 Å². The number of hydrogen-bond donors (Lipinski definition) is 3. The summed E-state index contributed by atoms with van der Waals surface area (Å²) in [5, 5.41) is 8.84. The van der Waals surface area contributed by atoms with E-state index >= 15 is 0 Å². The molecule has 2 aliphatic heterocycles. The molecule has 2 aromatic rings. The van der Waals surface area contributed by atoms with Crippen molar-refractivity contribution in [1.82, 2.24) is 25.4 Å². The molecule has 1 spiro atoms. The standard InChI is InChI=1S/C36H57N5O/c1-26-12-11-13-29-24-31(38-32(26)29)35(42)39-34(28-14-15-28)33-27(2)36(17-9-7-5-4-6-8-10-18-36)30(25-37-33)16-19-41-22-20-40(3)21-23-41/h11-13,24,27-28,30,33-34,37-38H,4-10,14-23,25H2,1-3H3,(H,39,42). The second-order valence-corrected chi connectivity index (χ2v) is 14.6. The number of fused-ring (bicyclic) bond motifs is 1. The molecule has 2 saturated carbocycles. The fourth-order valence-corrected chi connectivity index (χ4v) is 9.02. The van der Waals surface area contributed by atoms with Gasteiger partial charge < -0.3 is 25.4 Å². The van der Waals surface area contributed by atoms with Crippen molar-refractivity contribution in [3.05, 3.63) is 35.5 Å². The van der Waals surface area contributed by atoms with Gasteiger partial charge in [0.25, 0.3) is 5.91 Å². The zero-order valence-corrected chi connectivity index (χ0v) is 26.7. The van der Waals surface area contributed by atoms with Gasteiger partial charge in [-0.1, -0.05) is 70.1 Å². The van der Waals surface area contributed by atoms with Crippen LogP contribution >= 0.6 is 0 Å². The number of carbonyl (C=O) groups excluding carboxylic acids is 1. The summed E-state index contributed by atoms with van der Waals surface area (Å²) in [6, 6.07) is 8.87. The van der Waals surface area contributed by atoms with Crippen LogP contribution in [0.1, 0.15) is 100 Å². The van der Waals surface area contributed by atoms with Crippen LogP contribution in [0.2, 0.25) is 0 Å². The quantitative estimate of drug-likeness (QED) is 0.360. The van der Waals surface area contributed by atoms with Crippen molar-refractivity contribution in [3.8, 4) is 0 Å². The van der Waals surface area contributed by atoms with Gasteiger partial charge >= 0.3 is 0 Å². The van der Waals surface area contributed by atoms with Gasteiger partial charge in [0.15, 0.2) is 0 Å². The molecule has 1 amide bonds. The number of nitrogens with zero attached hydrogens (tertiary/aromatic N) is 2. The van der Waals surface area contributed by atoms with Crippen LogP contribution in [0.15, 0.2) is 24.3 Å². The Bertz CT molecular complexity index is 1170. The average Bonchev–Trinajstić information content (AvgIpc) is 3.74. The minimum Gasteiger partial charge on any atom is -0.350 e. The van der Waals surface area contributed by atoms with E-state index in [1.807, 2.05) is 6.07 Å². The first-order valence-corrected chi connectivity index (χ1v) is 17.5. The number of hydrogen-bond acceptors (Lipinski definition) is 4. The van der Waals surface area contributed by atoms with E-state index in [4.69, 9.17) is 0 Å². The maximum Gasteiger partial charge on any atom is 0.268 e. The fourth-order valence-electron chi connectivity index (χ4n) is 9.02. The molecular weight excluding hydrogens is 518 g/mol. The van der Waals surface area contributed by atoms with Gasteiger partial charge in [-0.15, -0.1) is 0 Å². The first-order valence-electron chi connectivity index (χ1n) is 17.5. The van der Waals surface area contributed by atoms with E-state index in [-0.39, 0.29) is 11.9 Å². The number of piperidine rings is 1. The molecule has 4 unspecified atom stereocenters. The molecule has 4 aliphatic rings. The van der Waals surface area contributed by atoms with Crippen molar-refractivity contribution >= 4 is 16.8 Å². The summed E-state index contributed by atoms with van der Waals surface area (Å²) >= 11 is 0. The number of carbonyl (C=O) groups is 1. The minimum atomic E-state index is 0.0636. The van der Waals surface area contributed by atoms with Crippen LogP contribution in [0.25, 0.3) is 10.9 Å². The number of amides is 1. The molecule has 2 saturated heterocycles. The number of piperazine rings is 1. The van der Waals surface area contributed by atoms with Gasteiger partial charge in [-0.25, -0.2) is 0 Å². The van der Waals surface area contributed by atoms with Crippen LogP contribution in [0, 0.1) is 30.1 Å². The zero-order chi connectivity index (χ0) is 29.1. The molecule has 2 aliphatic carbocycles. The summed E-state index contributed by atoms with van der Waals surface area (Å²) < 4.78 is 0. The van der Waals surface area contributed by atoms with E-state index in [9.17, 15) is 4.79 Å². The predicted molar refractivity (Wildman–Crippen MR) is 174 cm³/mol. The molecule has 1 aromatic carbocycles. The molecular formula is C36H57N5O. The zero-order valence-electron chi connectivity index (χ0n) is 26.7. The molecule has 4 atom stereocenters. The average molecular weight is 576 g/mol. The maximum atomic E-state index is 13.8. The molecule has 232 valence electrons. The van der Waals surface area contributed by atoms with Crippen LogP contribution < -0.4 is 10.6 Å². The van der Waals surface area contributed by atoms with Gasteiger partial charge in [0.2, 0.25) is 0 Å². The molecule has 3 N–H and O–H groups in total. The van der Waals surface area contributed by atoms with E-state index in [0.717, 1.165) is 23.4 Å². The lowest BCUT2D eigenvalue weighted by Gasteiger charge is -2.55. The third-order valence-corrected chi connectivity index (χ3v) is 12.0. The van der Waals surface area contributed by atoms with E-state index in [1.54, 1.807) is 0 Å². The molecule has 6 rings (SSSR count). The molecule has 0 bridgehead atoms. The Kier molecular flexibility index (Phi) is 9.62. The van der Waals surface area contributed by atoms with E-state index in [1.165, 1.54) is 115 Å². The van der Waals surface area contributed by atoms with E-state index in [2.05, 4.69) is 64.5 Å². The lowest BCUT2D eigenvalue weighted by atomic mass is 9.55. The molecule has 6 nitrogen and oxygen atoms in total.